The maximum Gasteiger partial charge on any atom is 1.00 e. The van der Waals surface area contributed by atoms with Gasteiger partial charge in [-0.15, -0.1) is 0 Å². The first-order valence-corrected chi connectivity index (χ1v) is 4.13. The van der Waals surface area contributed by atoms with Gasteiger partial charge in [0.05, 0.1) is 11.1 Å². The molecule has 86 valence electrons. The van der Waals surface area contributed by atoms with Crippen LogP contribution in [0.3, 0.4) is 0 Å². The fourth-order valence-corrected chi connectivity index (χ4v) is 1.10. The summed E-state index contributed by atoms with van der Waals surface area (Å²) in [6.07, 6.45) is 0. The molecule has 1 rings (SSSR count). The molecule has 0 aromatic heterocycles. The molecule has 1 N–H and O–H groups in total. The Balaban J connectivity index is 0. The van der Waals surface area contributed by atoms with E-state index < -0.39 is 11.9 Å². The van der Waals surface area contributed by atoms with Crippen molar-refractivity contribution >= 4 is 17.6 Å². The summed E-state index contributed by atoms with van der Waals surface area (Å²) in [6.45, 7) is 0. The van der Waals surface area contributed by atoms with Crippen molar-refractivity contribution < 1.29 is 89.0 Å². The molecular weight excluding hydrogens is 264 g/mol. The van der Waals surface area contributed by atoms with Crippen LogP contribution in [0, 0.1) is 0 Å². The van der Waals surface area contributed by atoms with E-state index in [9.17, 15) is 20.1 Å². The summed E-state index contributed by atoms with van der Waals surface area (Å²) in [5, 5.41) is 22.5. The van der Waals surface area contributed by atoms with Gasteiger partial charge < -0.3 is 25.6 Å². The standard InChI is InChI=1S/C9H9NO6.2Na/c1-10-7-3-5(8(11)15-13)2-6(4-7)9(12)16-14;;/h2-4,10,13-14H,1H3;;/q;2*+1/p-2. The molecule has 18 heavy (non-hydrogen) atoms. The van der Waals surface area contributed by atoms with E-state index in [0.717, 1.165) is 6.07 Å². The fraction of sp³-hybridized carbons (Fsp3) is 0.111. The predicted molar refractivity (Wildman–Crippen MR) is 46.8 cm³/mol. The number of hydrogen-bond donors (Lipinski definition) is 1. The number of rotatable bonds is 3. The number of benzene rings is 1. The average molecular weight is 271 g/mol. The minimum absolute atomic E-state index is 0. The topological polar surface area (TPSA) is 111 Å². The molecule has 1 aromatic rings. The minimum Gasteiger partial charge on any atom is -0.661 e. The van der Waals surface area contributed by atoms with Gasteiger partial charge in [0, 0.05) is 12.7 Å². The van der Waals surface area contributed by atoms with Crippen molar-refractivity contribution in [3.05, 3.63) is 29.3 Å². The van der Waals surface area contributed by atoms with Crippen molar-refractivity contribution in [3.8, 4) is 0 Å². The van der Waals surface area contributed by atoms with Gasteiger partial charge in [0.1, 0.15) is 0 Å². The predicted octanol–water partition coefficient (Wildman–Crippen LogP) is -7.40. The van der Waals surface area contributed by atoms with Crippen molar-refractivity contribution in [1.29, 1.82) is 0 Å². The van der Waals surface area contributed by atoms with Crippen molar-refractivity contribution in [2.75, 3.05) is 12.4 Å². The Morgan fingerprint density at radius 2 is 1.39 bits per heavy atom. The van der Waals surface area contributed by atoms with Gasteiger partial charge in [-0.2, -0.15) is 0 Å². The quantitative estimate of drug-likeness (QED) is 0.330. The Hall–Kier alpha value is -0.120. The third-order valence-corrected chi connectivity index (χ3v) is 1.84. The minimum atomic E-state index is -1.16. The van der Waals surface area contributed by atoms with Crippen LogP contribution >= 0.6 is 0 Å². The normalized spacial score (nSPS) is 8.39. The van der Waals surface area contributed by atoms with Gasteiger partial charge in [-0.05, 0) is 18.2 Å². The summed E-state index contributed by atoms with van der Waals surface area (Å²) in [4.78, 5) is 28.4. The molecule has 0 unspecified atom stereocenters. The van der Waals surface area contributed by atoms with E-state index in [-0.39, 0.29) is 70.2 Å². The monoisotopic (exact) mass is 271 g/mol. The third kappa shape index (κ3) is 5.25. The first-order chi connectivity index (χ1) is 7.62. The maximum absolute atomic E-state index is 11.0. The Bertz CT molecular complexity index is 391. The number of carbonyl (C=O) groups is 2. The molecule has 0 heterocycles. The van der Waals surface area contributed by atoms with Crippen LogP contribution in [-0.2, 0) is 9.78 Å². The Morgan fingerprint density at radius 3 is 1.67 bits per heavy atom. The summed E-state index contributed by atoms with van der Waals surface area (Å²) < 4.78 is 0. The van der Waals surface area contributed by atoms with E-state index in [4.69, 9.17) is 0 Å². The second kappa shape index (κ2) is 9.76. The van der Waals surface area contributed by atoms with E-state index in [1.807, 2.05) is 0 Å². The fourth-order valence-electron chi connectivity index (χ4n) is 1.10. The summed E-state index contributed by atoms with van der Waals surface area (Å²) in [6, 6.07) is 3.62. The zero-order valence-corrected chi connectivity index (χ0v) is 14.2. The van der Waals surface area contributed by atoms with E-state index in [1.165, 1.54) is 19.2 Å². The van der Waals surface area contributed by atoms with Crippen molar-refractivity contribution in [1.82, 2.24) is 0 Å². The van der Waals surface area contributed by atoms with E-state index in [2.05, 4.69) is 15.1 Å². The zero-order chi connectivity index (χ0) is 12.1. The zero-order valence-electron chi connectivity index (χ0n) is 10.2. The first kappa shape index (κ1) is 20.2. The molecule has 9 heteroatoms. The van der Waals surface area contributed by atoms with Crippen LogP contribution in [0.1, 0.15) is 20.7 Å². The first-order valence-electron chi connectivity index (χ1n) is 4.13. The molecule has 0 aliphatic carbocycles. The van der Waals surface area contributed by atoms with Gasteiger partial charge in [-0.25, -0.2) is 9.59 Å². The Kier molecular flexibility index (Phi) is 11.0. The summed E-state index contributed by atoms with van der Waals surface area (Å²) in [5.74, 6) is -2.31. The second-order valence-electron chi connectivity index (χ2n) is 2.79. The SMILES string of the molecule is CNc1cc(C(=O)O[O-])cc(C(=O)O[O-])c1.[Na+].[Na+]. The molecule has 0 aliphatic heterocycles. The molecule has 0 atom stereocenters. The smallest absolute Gasteiger partial charge is 0.661 e. The van der Waals surface area contributed by atoms with Gasteiger partial charge >= 0.3 is 71.1 Å². The molecule has 0 spiro atoms. The van der Waals surface area contributed by atoms with Gasteiger partial charge in [-0.3, -0.25) is 0 Å². The van der Waals surface area contributed by atoms with Crippen LogP contribution in [0.2, 0.25) is 0 Å². The molecule has 0 aliphatic rings. The molecule has 0 saturated carbocycles. The van der Waals surface area contributed by atoms with E-state index in [1.54, 1.807) is 0 Å². The van der Waals surface area contributed by atoms with Gasteiger partial charge in [0.15, 0.2) is 0 Å². The van der Waals surface area contributed by atoms with Crippen LogP contribution in [-0.4, -0.2) is 19.0 Å². The Labute approximate surface area is 147 Å². The molecule has 1 aromatic carbocycles. The van der Waals surface area contributed by atoms with E-state index >= 15 is 0 Å². The van der Waals surface area contributed by atoms with Gasteiger partial charge in [-0.1, -0.05) is 0 Å². The largest absolute Gasteiger partial charge is 1.00 e. The summed E-state index contributed by atoms with van der Waals surface area (Å²) >= 11 is 0. The molecule has 0 radical (unpaired) electrons. The van der Waals surface area contributed by atoms with Crippen LogP contribution in [0.4, 0.5) is 5.69 Å². The van der Waals surface area contributed by atoms with Crippen molar-refractivity contribution in [2.45, 2.75) is 0 Å². The van der Waals surface area contributed by atoms with Crippen molar-refractivity contribution in [3.63, 3.8) is 0 Å². The molecule has 0 bridgehead atoms. The molecule has 0 amide bonds. The summed E-state index contributed by atoms with van der Waals surface area (Å²) in [5.41, 5.74) is 0.0628. The second-order valence-corrected chi connectivity index (χ2v) is 2.79. The molecule has 7 nitrogen and oxygen atoms in total. The number of hydrogen-bond acceptors (Lipinski definition) is 7. The average Bonchev–Trinajstić information content (AvgIpc) is 2.35. The number of carbonyl (C=O) groups excluding carboxylic acids is 2. The van der Waals surface area contributed by atoms with Gasteiger partial charge in [0.25, 0.3) is 0 Å². The van der Waals surface area contributed by atoms with Crippen LogP contribution in [0.25, 0.3) is 0 Å². The number of nitrogens with one attached hydrogen (secondary N) is 1. The third-order valence-electron chi connectivity index (χ3n) is 1.84. The maximum atomic E-state index is 11.0. The van der Waals surface area contributed by atoms with E-state index in [0.29, 0.717) is 5.69 Å². The Morgan fingerprint density at radius 1 is 1.00 bits per heavy atom. The molecule has 0 saturated heterocycles. The van der Waals surface area contributed by atoms with Crippen LogP contribution < -0.4 is 74.9 Å². The molecule has 0 fully saturated rings. The van der Waals surface area contributed by atoms with Crippen LogP contribution in [0.15, 0.2) is 18.2 Å². The summed E-state index contributed by atoms with van der Waals surface area (Å²) in [7, 11) is 1.54. The number of anilines is 1. The van der Waals surface area contributed by atoms with Gasteiger partial charge in [0.2, 0.25) is 0 Å². The van der Waals surface area contributed by atoms with Crippen molar-refractivity contribution in [2.24, 2.45) is 0 Å². The molecular formula is C9H7NNa2O6. The van der Waals surface area contributed by atoms with Crippen LogP contribution in [0.5, 0.6) is 0 Å².